The van der Waals surface area contributed by atoms with E-state index in [1.165, 1.54) is 25.7 Å². The van der Waals surface area contributed by atoms with Crippen molar-refractivity contribution in [3.8, 4) is 0 Å². The van der Waals surface area contributed by atoms with Gasteiger partial charge in [-0.3, -0.25) is 4.79 Å². The molecular weight excluding hydrogens is 262 g/mol. The van der Waals surface area contributed by atoms with E-state index < -0.39 is 0 Å². The Morgan fingerprint density at radius 3 is 2.67 bits per heavy atom. The summed E-state index contributed by atoms with van der Waals surface area (Å²) < 4.78 is 0. The Bertz CT molecular complexity index is 436. The number of nitrogens with zero attached hydrogens (tertiary/aromatic N) is 1. The molecule has 4 nitrogen and oxygen atoms in total. The predicted octanol–water partition coefficient (Wildman–Crippen LogP) is 3.46. The van der Waals surface area contributed by atoms with E-state index >= 15 is 0 Å². The lowest BCUT2D eigenvalue weighted by Crippen LogP contribution is -2.31. The molecule has 1 saturated carbocycles. The van der Waals surface area contributed by atoms with Gasteiger partial charge >= 0.3 is 0 Å². The minimum Gasteiger partial charge on any atom is -0.370 e. The highest BCUT2D eigenvalue weighted by molar-refractivity contribution is 5.94. The first-order valence-electron chi connectivity index (χ1n) is 8.17. The molecule has 1 fully saturated rings. The summed E-state index contributed by atoms with van der Waals surface area (Å²) in [6.07, 6.45) is 7.76. The maximum absolute atomic E-state index is 12.1. The van der Waals surface area contributed by atoms with Crippen molar-refractivity contribution in [3.05, 3.63) is 23.9 Å². The number of anilines is 1. The second kappa shape index (κ2) is 8.01. The molecule has 1 aliphatic rings. The fourth-order valence-electron chi connectivity index (χ4n) is 2.76. The zero-order valence-corrected chi connectivity index (χ0v) is 13.2. The summed E-state index contributed by atoms with van der Waals surface area (Å²) in [6.45, 7) is 6.12. The van der Waals surface area contributed by atoms with Gasteiger partial charge in [0.2, 0.25) is 0 Å². The standard InChI is InChI=1S/C17H27N3O/c1-3-10-18-16-9-8-15(12-19-16)17(21)20-11-14-6-4-13(2)5-7-14/h8-9,12-14H,3-7,10-11H2,1-2H3,(H,18,19)(H,20,21). The molecule has 0 aliphatic heterocycles. The first kappa shape index (κ1) is 15.8. The zero-order valence-electron chi connectivity index (χ0n) is 13.2. The molecule has 0 unspecified atom stereocenters. The Morgan fingerprint density at radius 2 is 2.05 bits per heavy atom. The highest BCUT2D eigenvalue weighted by atomic mass is 16.1. The van der Waals surface area contributed by atoms with E-state index in [1.54, 1.807) is 6.20 Å². The number of aromatic nitrogens is 1. The monoisotopic (exact) mass is 289 g/mol. The van der Waals surface area contributed by atoms with Gasteiger partial charge < -0.3 is 10.6 Å². The van der Waals surface area contributed by atoms with Crippen molar-refractivity contribution in [1.29, 1.82) is 0 Å². The van der Waals surface area contributed by atoms with Crippen molar-refractivity contribution in [2.24, 2.45) is 11.8 Å². The lowest BCUT2D eigenvalue weighted by atomic mass is 9.83. The molecule has 0 spiro atoms. The van der Waals surface area contributed by atoms with Gasteiger partial charge in [0.25, 0.3) is 5.91 Å². The highest BCUT2D eigenvalue weighted by Crippen LogP contribution is 2.27. The average Bonchev–Trinajstić information content (AvgIpc) is 2.52. The van der Waals surface area contributed by atoms with Crippen LogP contribution in [0.4, 0.5) is 5.82 Å². The normalized spacial score (nSPS) is 21.8. The zero-order chi connectivity index (χ0) is 15.1. The summed E-state index contributed by atoms with van der Waals surface area (Å²) >= 11 is 0. The molecule has 1 amide bonds. The van der Waals surface area contributed by atoms with Crippen LogP contribution in [0.15, 0.2) is 18.3 Å². The fraction of sp³-hybridized carbons (Fsp3) is 0.647. The van der Waals surface area contributed by atoms with Gasteiger partial charge in [0.05, 0.1) is 5.56 Å². The van der Waals surface area contributed by atoms with Gasteiger partial charge in [-0.1, -0.05) is 26.7 Å². The lowest BCUT2D eigenvalue weighted by Gasteiger charge is -2.26. The largest absolute Gasteiger partial charge is 0.370 e. The summed E-state index contributed by atoms with van der Waals surface area (Å²) in [5.74, 6) is 2.31. The lowest BCUT2D eigenvalue weighted by molar-refractivity contribution is 0.0941. The van der Waals surface area contributed by atoms with Gasteiger partial charge in [0, 0.05) is 19.3 Å². The van der Waals surface area contributed by atoms with Crippen molar-refractivity contribution in [2.45, 2.75) is 46.0 Å². The Kier molecular flexibility index (Phi) is 6.03. The molecule has 116 valence electrons. The maximum atomic E-state index is 12.1. The summed E-state index contributed by atoms with van der Waals surface area (Å²) in [5.41, 5.74) is 0.640. The third kappa shape index (κ3) is 5.03. The molecule has 1 aliphatic carbocycles. The van der Waals surface area contributed by atoms with Crippen molar-refractivity contribution in [2.75, 3.05) is 18.4 Å². The van der Waals surface area contributed by atoms with E-state index in [2.05, 4.69) is 29.5 Å². The number of carbonyl (C=O) groups is 1. The molecule has 2 rings (SSSR count). The molecule has 1 aromatic rings. The van der Waals surface area contributed by atoms with Crippen LogP contribution in [0.3, 0.4) is 0 Å². The first-order valence-corrected chi connectivity index (χ1v) is 8.17. The predicted molar refractivity (Wildman–Crippen MR) is 86.5 cm³/mol. The molecule has 2 N–H and O–H groups in total. The highest BCUT2D eigenvalue weighted by Gasteiger charge is 2.18. The van der Waals surface area contributed by atoms with Gasteiger partial charge in [-0.15, -0.1) is 0 Å². The topological polar surface area (TPSA) is 54.0 Å². The molecule has 21 heavy (non-hydrogen) atoms. The van der Waals surface area contributed by atoms with Crippen LogP contribution in [-0.4, -0.2) is 24.0 Å². The Morgan fingerprint density at radius 1 is 1.29 bits per heavy atom. The summed E-state index contributed by atoms with van der Waals surface area (Å²) in [7, 11) is 0. The van der Waals surface area contributed by atoms with Crippen LogP contribution in [0.25, 0.3) is 0 Å². The first-order chi connectivity index (χ1) is 10.2. The molecule has 0 radical (unpaired) electrons. The second-order valence-corrected chi connectivity index (χ2v) is 6.19. The van der Waals surface area contributed by atoms with Crippen molar-refractivity contribution >= 4 is 11.7 Å². The van der Waals surface area contributed by atoms with Gasteiger partial charge in [0.1, 0.15) is 5.82 Å². The van der Waals surface area contributed by atoms with Crippen LogP contribution in [0.2, 0.25) is 0 Å². The van der Waals surface area contributed by atoms with E-state index in [0.29, 0.717) is 11.5 Å². The van der Waals surface area contributed by atoms with Crippen LogP contribution < -0.4 is 10.6 Å². The molecule has 4 heteroatoms. The quantitative estimate of drug-likeness (QED) is 0.843. The van der Waals surface area contributed by atoms with Gasteiger partial charge in [-0.25, -0.2) is 4.98 Å². The SMILES string of the molecule is CCCNc1ccc(C(=O)NCC2CCC(C)CC2)cn1. The van der Waals surface area contributed by atoms with E-state index in [-0.39, 0.29) is 5.91 Å². The Labute approximate surface area is 127 Å². The third-order valence-electron chi connectivity index (χ3n) is 4.27. The number of hydrogen-bond donors (Lipinski definition) is 2. The molecule has 1 heterocycles. The smallest absolute Gasteiger partial charge is 0.252 e. The van der Waals surface area contributed by atoms with Crippen molar-refractivity contribution < 1.29 is 4.79 Å². The van der Waals surface area contributed by atoms with Crippen LogP contribution in [0, 0.1) is 11.8 Å². The molecule has 0 saturated heterocycles. The number of amides is 1. The molecule has 1 aromatic heterocycles. The second-order valence-electron chi connectivity index (χ2n) is 6.19. The third-order valence-corrected chi connectivity index (χ3v) is 4.27. The van der Waals surface area contributed by atoms with Crippen LogP contribution in [0.1, 0.15) is 56.3 Å². The Balaban J connectivity index is 1.77. The van der Waals surface area contributed by atoms with Crippen molar-refractivity contribution in [1.82, 2.24) is 10.3 Å². The van der Waals surface area contributed by atoms with E-state index in [4.69, 9.17) is 0 Å². The van der Waals surface area contributed by atoms with Gasteiger partial charge in [-0.2, -0.15) is 0 Å². The minimum absolute atomic E-state index is 0.0110. The Hall–Kier alpha value is -1.58. The summed E-state index contributed by atoms with van der Waals surface area (Å²) in [4.78, 5) is 16.4. The van der Waals surface area contributed by atoms with Crippen LogP contribution in [0.5, 0.6) is 0 Å². The number of hydrogen-bond acceptors (Lipinski definition) is 3. The molecule has 0 aromatic carbocycles. The number of rotatable bonds is 6. The number of pyridine rings is 1. The molecular formula is C17H27N3O. The maximum Gasteiger partial charge on any atom is 0.252 e. The van der Waals surface area contributed by atoms with Crippen molar-refractivity contribution in [3.63, 3.8) is 0 Å². The van der Waals surface area contributed by atoms with Crippen LogP contribution in [-0.2, 0) is 0 Å². The molecule has 0 bridgehead atoms. The van der Waals surface area contributed by atoms with E-state index in [1.807, 2.05) is 12.1 Å². The summed E-state index contributed by atoms with van der Waals surface area (Å²) in [6, 6.07) is 3.70. The van der Waals surface area contributed by atoms with E-state index in [0.717, 1.165) is 31.2 Å². The fourth-order valence-corrected chi connectivity index (χ4v) is 2.76. The van der Waals surface area contributed by atoms with E-state index in [9.17, 15) is 4.79 Å². The minimum atomic E-state index is -0.0110. The molecule has 0 atom stereocenters. The van der Waals surface area contributed by atoms with Gasteiger partial charge in [-0.05, 0) is 43.2 Å². The average molecular weight is 289 g/mol. The van der Waals surface area contributed by atoms with Gasteiger partial charge in [0.15, 0.2) is 0 Å². The number of carbonyl (C=O) groups excluding carboxylic acids is 1. The van der Waals surface area contributed by atoms with Crippen LogP contribution >= 0.6 is 0 Å². The summed E-state index contributed by atoms with van der Waals surface area (Å²) in [5, 5.41) is 6.25. The number of nitrogens with one attached hydrogen (secondary N) is 2.